The summed E-state index contributed by atoms with van der Waals surface area (Å²) in [6.07, 6.45) is 3.88. The number of rotatable bonds is 2. The number of hydrogen-bond donors (Lipinski definition) is 0. The Balaban J connectivity index is 1.63. The smallest absolute Gasteiger partial charge is 0.271 e. The molecule has 0 saturated heterocycles. The van der Waals surface area contributed by atoms with Crippen LogP contribution in [0.5, 0.6) is 0 Å². The lowest BCUT2D eigenvalue weighted by Crippen LogP contribution is -2.38. The van der Waals surface area contributed by atoms with Crippen molar-refractivity contribution in [1.82, 2.24) is 4.57 Å². The summed E-state index contributed by atoms with van der Waals surface area (Å²) in [6.45, 7) is 2.07. The van der Waals surface area contributed by atoms with E-state index in [0.29, 0.717) is 0 Å². The fourth-order valence-electron chi connectivity index (χ4n) is 4.87. The van der Waals surface area contributed by atoms with Crippen molar-refractivity contribution in [1.29, 1.82) is 0 Å². The minimum atomic E-state index is -0.115. The van der Waals surface area contributed by atoms with Gasteiger partial charge in [-0.15, -0.1) is 0 Å². The predicted molar refractivity (Wildman–Crippen MR) is 130 cm³/mol. The number of aromatic nitrogens is 1. The Labute approximate surface area is 190 Å². The number of allylic oxidation sites excluding steroid dienone is 1. The fourth-order valence-corrected chi connectivity index (χ4v) is 5.87. The summed E-state index contributed by atoms with van der Waals surface area (Å²) < 4.78 is 2.64. The van der Waals surface area contributed by atoms with Gasteiger partial charge in [0.1, 0.15) is 0 Å². The summed E-state index contributed by atoms with van der Waals surface area (Å²) in [7, 11) is 0. The van der Waals surface area contributed by atoms with Gasteiger partial charge in [0.05, 0.1) is 16.3 Å². The van der Waals surface area contributed by atoms with Crippen LogP contribution >= 0.6 is 11.3 Å². The standard InChI is InChI=1S/C28H22N2OS/c1-18-8-7-9-19(16-18)17-24-27(31)30-26(21-11-3-2-4-12-21)23-15-14-20-10-5-6-13-22(20)25(23)29-28(30)32-24/h2-13,16-17,26H,14-15H2,1H3/b24-17-/t26-/m0/s1. The number of fused-ring (bicyclic) bond motifs is 3. The molecule has 4 aromatic rings. The molecule has 0 N–H and O–H groups in total. The van der Waals surface area contributed by atoms with Crippen molar-refractivity contribution in [2.75, 3.05) is 0 Å². The van der Waals surface area contributed by atoms with E-state index in [1.807, 2.05) is 28.8 Å². The van der Waals surface area contributed by atoms with Crippen molar-refractivity contribution in [3.63, 3.8) is 0 Å². The number of nitrogens with zero attached hydrogens (tertiary/aromatic N) is 2. The molecule has 156 valence electrons. The molecule has 1 aliphatic heterocycles. The van der Waals surface area contributed by atoms with Crippen molar-refractivity contribution in [2.24, 2.45) is 4.99 Å². The van der Waals surface area contributed by atoms with Gasteiger partial charge in [-0.1, -0.05) is 95.8 Å². The molecule has 3 aromatic carbocycles. The zero-order valence-corrected chi connectivity index (χ0v) is 18.6. The third kappa shape index (κ3) is 3.10. The van der Waals surface area contributed by atoms with Gasteiger partial charge in [0.15, 0.2) is 4.80 Å². The van der Waals surface area contributed by atoms with E-state index in [4.69, 9.17) is 4.99 Å². The number of thiazole rings is 1. The maximum atomic E-state index is 13.7. The van der Waals surface area contributed by atoms with Gasteiger partial charge in [0.2, 0.25) is 0 Å². The largest absolute Gasteiger partial charge is 0.272 e. The van der Waals surface area contributed by atoms with E-state index in [2.05, 4.69) is 67.6 Å². The minimum absolute atomic E-state index is 0.0366. The van der Waals surface area contributed by atoms with Crippen LogP contribution < -0.4 is 14.9 Å². The second-order valence-electron chi connectivity index (χ2n) is 8.44. The molecular weight excluding hydrogens is 412 g/mol. The highest BCUT2D eigenvalue weighted by Crippen LogP contribution is 2.41. The van der Waals surface area contributed by atoms with Crippen LogP contribution in [0.3, 0.4) is 0 Å². The number of hydrogen-bond acceptors (Lipinski definition) is 3. The van der Waals surface area contributed by atoms with Crippen molar-refractivity contribution in [3.8, 4) is 0 Å². The zero-order valence-electron chi connectivity index (χ0n) is 17.8. The summed E-state index contributed by atoms with van der Waals surface area (Å²) in [5.41, 5.74) is 8.22. The van der Waals surface area contributed by atoms with Gasteiger partial charge in [-0.3, -0.25) is 9.36 Å². The van der Waals surface area contributed by atoms with E-state index in [0.717, 1.165) is 39.0 Å². The Hall–Kier alpha value is -3.50. The van der Waals surface area contributed by atoms with Gasteiger partial charge >= 0.3 is 0 Å². The minimum Gasteiger partial charge on any atom is -0.272 e. The summed E-state index contributed by atoms with van der Waals surface area (Å²) in [6, 6.07) is 27.0. The average Bonchev–Trinajstić information content (AvgIpc) is 3.13. The Morgan fingerprint density at radius 2 is 1.78 bits per heavy atom. The number of benzene rings is 3. The maximum Gasteiger partial charge on any atom is 0.271 e. The van der Waals surface area contributed by atoms with Gasteiger partial charge in [0.25, 0.3) is 5.56 Å². The van der Waals surface area contributed by atoms with E-state index in [9.17, 15) is 4.79 Å². The first-order valence-corrected chi connectivity index (χ1v) is 11.8. The highest BCUT2D eigenvalue weighted by atomic mass is 32.1. The summed E-state index contributed by atoms with van der Waals surface area (Å²) in [5.74, 6) is 0. The Kier molecular flexibility index (Phi) is 4.54. The van der Waals surface area contributed by atoms with Crippen molar-refractivity contribution >= 4 is 23.1 Å². The molecule has 1 aliphatic carbocycles. The molecule has 1 aromatic heterocycles. The average molecular weight is 435 g/mol. The molecule has 4 heteroatoms. The Morgan fingerprint density at radius 1 is 0.969 bits per heavy atom. The van der Waals surface area contributed by atoms with E-state index < -0.39 is 0 Å². The molecule has 0 amide bonds. The molecule has 32 heavy (non-hydrogen) atoms. The SMILES string of the molecule is Cc1cccc(/C=c2\sc3n(c2=O)[C@@H](c2ccccc2)C2=C(N=3)c3ccccc3CC2)c1. The summed E-state index contributed by atoms with van der Waals surface area (Å²) in [4.78, 5) is 19.5. The zero-order chi connectivity index (χ0) is 21.7. The van der Waals surface area contributed by atoms with Crippen LogP contribution in [-0.4, -0.2) is 4.57 Å². The lowest BCUT2D eigenvalue weighted by Gasteiger charge is -2.30. The lowest BCUT2D eigenvalue weighted by atomic mass is 9.83. The van der Waals surface area contributed by atoms with Crippen LogP contribution in [-0.2, 0) is 6.42 Å². The van der Waals surface area contributed by atoms with Gasteiger partial charge in [0, 0.05) is 5.56 Å². The highest BCUT2D eigenvalue weighted by Gasteiger charge is 2.32. The van der Waals surface area contributed by atoms with Crippen LogP contribution in [0.4, 0.5) is 0 Å². The first-order valence-electron chi connectivity index (χ1n) is 10.9. The Morgan fingerprint density at radius 3 is 2.62 bits per heavy atom. The monoisotopic (exact) mass is 434 g/mol. The third-order valence-corrected chi connectivity index (χ3v) is 7.31. The van der Waals surface area contributed by atoms with E-state index in [1.165, 1.54) is 33.6 Å². The van der Waals surface area contributed by atoms with Crippen LogP contribution in [0.15, 0.2) is 94.2 Å². The maximum absolute atomic E-state index is 13.7. The van der Waals surface area contributed by atoms with Crippen molar-refractivity contribution in [2.45, 2.75) is 25.8 Å². The summed E-state index contributed by atoms with van der Waals surface area (Å²) >= 11 is 1.49. The molecule has 0 spiro atoms. The molecule has 0 fully saturated rings. The molecule has 3 nitrogen and oxygen atoms in total. The lowest BCUT2D eigenvalue weighted by molar-refractivity contribution is 0.585. The van der Waals surface area contributed by atoms with Gasteiger partial charge in [-0.05, 0) is 48.1 Å². The van der Waals surface area contributed by atoms with Crippen LogP contribution in [0, 0.1) is 6.92 Å². The molecule has 6 rings (SSSR count). The van der Waals surface area contributed by atoms with Crippen LogP contribution in [0.25, 0.3) is 11.8 Å². The van der Waals surface area contributed by atoms with Crippen LogP contribution in [0.1, 0.15) is 40.3 Å². The Bertz CT molecular complexity index is 1560. The number of aryl methyl sites for hydroxylation is 2. The highest BCUT2D eigenvalue weighted by molar-refractivity contribution is 7.07. The molecule has 1 atom stereocenters. The third-order valence-electron chi connectivity index (χ3n) is 6.33. The molecule has 0 bridgehead atoms. The molecule has 2 aliphatic rings. The molecule has 0 unspecified atom stereocenters. The van der Waals surface area contributed by atoms with E-state index in [1.54, 1.807) is 0 Å². The quantitative estimate of drug-likeness (QED) is 0.453. The first-order chi connectivity index (χ1) is 15.7. The van der Waals surface area contributed by atoms with Gasteiger partial charge in [-0.2, -0.15) is 0 Å². The fraction of sp³-hybridized carbons (Fsp3) is 0.143. The normalized spacial score (nSPS) is 17.4. The van der Waals surface area contributed by atoms with Crippen molar-refractivity contribution < 1.29 is 0 Å². The van der Waals surface area contributed by atoms with E-state index >= 15 is 0 Å². The van der Waals surface area contributed by atoms with Gasteiger partial charge < -0.3 is 0 Å². The first kappa shape index (κ1) is 19.2. The second-order valence-corrected chi connectivity index (χ2v) is 9.45. The van der Waals surface area contributed by atoms with Gasteiger partial charge in [-0.25, -0.2) is 4.99 Å². The molecular formula is C28H22N2OS. The molecule has 0 saturated carbocycles. The second kappa shape index (κ2) is 7.57. The van der Waals surface area contributed by atoms with Crippen molar-refractivity contribution in [3.05, 3.63) is 132 Å². The molecule has 2 heterocycles. The topological polar surface area (TPSA) is 34.4 Å². The van der Waals surface area contributed by atoms with Crippen LogP contribution in [0.2, 0.25) is 0 Å². The molecule has 0 radical (unpaired) electrons. The predicted octanol–water partition coefficient (Wildman–Crippen LogP) is 4.63. The summed E-state index contributed by atoms with van der Waals surface area (Å²) in [5, 5.41) is 0. The van der Waals surface area contributed by atoms with E-state index in [-0.39, 0.29) is 11.6 Å².